The van der Waals surface area contributed by atoms with E-state index in [9.17, 15) is 9.90 Å². The first-order valence-electron chi connectivity index (χ1n) is 6.44. The maximum absolute atomic E-state index is 11.2. The molecule has 0 aliphatic heterocycles. The summed E-state index contributed by atoms with van der Waals surface area (Å²) >= 11 is 1.29. The van der Waals surface area contributed by atoms with Crippen molar-refractivity contribution in [2.45, 2.75) is 39.5 Å². The Morgan fingerprint density at radius 2 is 2.05 bits per heavy atom. The topological polar surface area (TPSA) is 55.8 Å². The van der Waals surface area contributed by atoms with Crippen molar-refractivity contribution in [3.63, 3.8) is 0 Å². The molecule has 0 bridgehead atoms. The number of carboxylic acid groups (broad SMARTS) is 1. The van der Waals surface area contributed by atoms with Gasteiger partial charge in [-0.2, -0.15) is 0 Å². The third kappa shape index (κ3) is 4.84. The lowest BCUT2D eigenvalue weighted by molar-refractivity contribution is 0.0697. The van der Waals surface area contributed by atoms with Crippen molar-refractivity contribution in [1.82, 2.24) is 0 Å². The minimum atomic E-state index is -0.930. The van der Waals surface area contributed by atoms with Gasteiger partial charge in [0.2, 0.25) is 0 Å². The molecule has 0 radical (unpaired) electrons. The summed E-state index contributed by atoms with van der Waals surface area (Å²) in [5.74, 6) is -0.459. The fraction of sp³-hybridized carbons (Fsp3) is 0.643. The number of hydrogen-bond acceptors (Lipinski definition) is 4. The largest absolute Gasteiger partial charge is 0.492 e. The predicted octanol–water partition coefficient (Wildman–Crippen LogP) is 3.55. The van der Waals surface area contributed by atoms with E-state index in [-0.39, 0.29) is 10.3 Å². The van der Waals surface area contributed by atoms with E-state index in [4.69, 9.17) is 9.47 Å². The van der Waals surface area contributed by atoms with Crippen molar-refractivity contribution in [2.75, 3.05) is 19.8 Å². The SMILES string of the molecule is CCOCCCOc1cc(C(C)(C)C)sc1C(=O)O. The van der Waals surface area contributed by atoms with E-state index in [0.29, 0.717) is 25.6 Å². The molecule has 0 aliphatic rings. The average molecular weight is 286 g/mol. The Balaban J connectivity index is 2.70. The summed E-state index contributed by atoms with van der Waals surface area (Å²) in [7, 11) is 0. The normalized spacial score (nSPS) is 11.6. The molecule has 0 saturated heterocycles. The minimum absolute atomic E-state index is 0.0677. The molecule has 0 unspecified atom stereocenters. The van der Waals surface area contributed by atoms with Gasteiger partial charge in [-0.15, -0.1) is 11.3 Å². The van der Waals surface area contributed by atoms with Gasteiger partial charge in [0.1, 0.15) is 5.75 Å². The van der Waals surface area contributed by atoms with Gasteiger partial charge in [0.05, 0.1) is 6.61 Å². The van der Waals surface area contributed by atoms with Crippen LogP contribution in [-0.2, 0) is 10.2 Å². The fourth-order valence-electron chi connectivity index (χ4n) is 1.49. The number of ether oxygens (including phenoxy) is 2. The molecule has 0 saturated carbocycles. The van der Waals surface area contributed by atoms with Crippen molar-refractivity contribution in [3.05, 3.63) is 15.8 Å². The van der Waals surface area contributed by atoms with Crippen LogP contribution in [0.25, 0.3) is 0 Å². The van der Waals surface area contributed by atoms with Gasteiger partial charge in [-0.25, -0.2) is 4.79 Å². The van der Waals surface area contributed by atoms with Crippen molar-refractivity contribution < 1.29 is 19.4 Å². The van der Waals surface area contributed by atoms with E-state index in [1.165, 1.54) is 11.3 Å². The van der Waals surface area contributed by atoms with Crippen LogP contribution in [0, 0.1) is 0 Å². The molecule has 4 nitrogen and oxygen atoms in total. The Morgan fingerprint density at radius 3 is 2.58 bits per heavy atom. The summed E-state index contributed by atoms with van der Waals surface area (Å²) in [6.45, 7) is 9.91. The summed E-state index contributed by atoms with van der Waals surface area (Å²) in [6, 6.07) is 1.84. The Labute approximate surface area is 118 Å². The number of rotatable bonds is 7. The smallest absolute Gasteiger partial charge is 0.349 e. The summed E-state index contributed by atoms with van der Waals surface area (Å²) in [5.41, 5.74) is -0.0677. The molecule has 0 aromatic carbocycles. The maximum atomic E-state index is 11.2. The van der Waals surface area contributed by atoms with Crippen LogP contribution < -0.4 is 4.74 Å². The number of thiophene rings is 1. The van der Waals surface area contributed by atoms with Gasteiger partial charge in [0, 0.05) is 24.5 Å². The second-order valence-corrected chi connectivity index (χ2v) is 6.31. The zero-order valence-electron chi connectivity index (χ0n) is 12.0. The van der Waals surface area contributed by atoms with E-state index in [0.717, 1.165) is 11.3 Å². The molecule has 0 aliphatic carbocycles. The second-order valence-electron chi connectivity index (χ2n) is 5.26. The van der Waals surface area contributed by atoms with E-state index in [2.05, 4.69) is 20.8 Å². The Bertz CT molecular complexity index is 418. The second kappa shape index (κ2) is 6.91. The van der Waals surface area contributed by atoms with Crippen molar-refractivity contribution in [1.29, 1.82) is 0 Å². The molecule has 108 valence electrons. The third-order valence-corrected chi connectivity index (χ3v) is 4.06. The molecule has 19 heavy (non-hydrogen) atoms. The lowest BCUT2D eigenvalue weighted by Crippen LogP contribution is -2.08. The van der Waals surface area contributed by atoms with Crippen LogP contribution in [0.1, 0.15) is 48.7 Å². The van der Waals surface area contributed by atoms with Crippen molar-refractivity contribution in [2.24, 2.45) is 0 Å². The van der Waals surface area contributed by atoms with Gasteiger partial charge in [0.25, 0.3) is 0 Å². The van der Waals surface area contributed by atoms with Crippen LogP contribution in [0.5, 0.6) is 5.75 Å². The molecule has 0 amide bonds. The number of aromatic carboxylic acids is 1. The van der Waals surface area contributed by atoms with Gasteiger partial charge in [-0.3, -0.25) is 0 Å². The first-order chi connectivity index (χ1) is 8.86. The zero-order chi connectivity index (χ0) is 14.5. The highest BCUT2D eigenvalue weighted by Gasteiger charge is 2.23. The molecule has 1 N–H and O–H groups in total. The monoisotopic (exact) mass is 286 g/mol. The van der Waals surface area contributed by atoms with Gasteiger partial charge >= 0.3 is 5.97 Å². The van der Waals surface area contributed by atoms with Gasteiger partial charge in [0.15, 0.2) is 4.88 Å². The van der Waals surface area contributed by atoms with Crippen LogP contribution in [0.4, 0.5) is 0 Å². The highest BCUT2D eigenvalue weighted by Crippen LogP contribution is 2.36. The van der Waals surface area contributed by atoms with E-state index in [1.54, 1.807) is 0 Å². The average Bonchev–Trinajstić information content (AvgIpc) is 2.72. The molecule has 0 atom stereocenters. The van der Waals surface area contributed by atoms with Gasteiger partial charge in [-0.05, 0) is 18.4 Å². The van der Waals surface area contributed by atoms with Crippen LogP contribution in [-0.4, -0.2) is 30.9 Å². The highest BCUT2D eigenvalue weighted by atomic mass is 32.1. The van der Waals surface area contributed by atoms with E-state index < -0.39 is 5.97 Å². The Hall–Kier alpha value is -1.07. The van der Waals surface area contributed by atoms with Crippen LogP contribution in [0.15, 0.2) is 6.07 Å². The van der Waals surface area contributed by atoms with E-state index in [1.807, 2.05) is 13.0 Å². The number of carbonyl (C=O) groups is 1. The van der Waals surface area contributed by atoms with Crippen molar-refractivity contribution in [3.8, 4) is 5.75 Å². The molecular formula is C14H22O4S. The number of carboxylic acids is 1. The van der Waals surface area contributed by atoms with E-state index >= 15 is 0 Å². The standard InChI is InChI=1S/C14H22O4S/c1-5-17-7-6-8-18-10-9-11(14(2,3)4)19-12(10)13(15)16/h9H,5-8H2,1-4H3,(H,15,16). The molecule has 1 aromatic rings. The summed E-state index contributed by atoms with van der Waals surface area (Å²) in [4.78, 5) is 12.5. The van der Waals surface area contributed by atoms with Gasteiger partial charge in [-0.1, -0.05) is 20.8 Å². The summed E-state index contributed by atoms with van der Waals surface area (Å²) in [6.07, 6.45) is 0.758. The zero-order valence-corrected chi connectivity index (χ0v) is 12.8. The first kappa shape index (κ1) is 16.0. The lowest BCUT2D eigenvalue weighted by Gasteiger charge is -2.14. The molecule has 0 fully saturated rings. The molecule has 5 heteroatoms. The molecule has 0 spiro atoms. The van der Waals surface area contributed by atoms with Crippen LogP contribution in [0.2, 0.25) is 0 Å². The van der Waals surface area contributed by atoms with Crippen LogP contribution >= 0.6 is 11.3 Å². The molecular weight excluding hydrogens is 264 g/mol. The number of hydrogen-bond donors (Lipinski definition) is 1. The first-order valence-corrected chi connectivity index (χ1v) is 7.26. The van der Waals surface area contributed by atoms with Crippen LogP contribution in [0.3, 0.4) is 0 Å². The molecule has 1 aromatic heterocycles. The molecule has 1 rings (SSSR count). The Morgan fingerprint density at radius 1 is 1.37 bits per heavy atom. The molecule has 1 heterocycles. The Kier molecular flexibility index (Phi) is 5.82. The lowest BCUT2D eigenvalue weighted by atomic mass is 9.95. The summed E-state index contributed by atoms with van der Waals surface area (Å²) < 4.78 is 10.8. The van der Waals surface area contributed by atoms with Gasteiger partial charge < -0.3 is 14.6 Å². The third-order valence-electron chi connectivity index (χ3n) is 2.53. The minimum Gasteiger partial charge on any atom is -0.492 e. The fourth-order valence-corrected chi connectivity index (χ4v) is 2.49. The quantitative estimate of drug-likeness (QED) is 0.779. The van der Waals surface area contributed by atoms with Crippen molar-refractivity contribution >= 4 is 17.3 Å². The maximum Gasteiger partial charge on any atom is 0.349 e. The predicted molar refractivity (Wildman–Crippen MR) is 76.6 cm³/mol. The summed E-state index contributed by atoms with van der Waals surface area (Å²) in [5, 5.41) is 9.19. The highest BCUT2D eigenvalue weighted by molar-refractivity contribution is 7.14.